The van der Waals surface area contributed by atoms with E-state index in [9.17, 15) is 25.2 Å². The number of methoxy groups -OCH3 is 1. The number of ether oxygens (including phenoxy) is 1. The Morgan fingerprint density at radius 2 is 1.66 bits per heavy atom. The smallest absolute Gasteiger partial charge is 0.193 e. The third-order valence-corrected chi connectivity index (χ3v) is 4.48. The third kappa shape index (κ3) is 4.16. The van der Waals surface area contributed by atoms with Crippen LogP contribution in [0.15, 0.2) is 60.7 Å². The molecular formula is C23H20O6. The molecule has 3 aromatic rings. The summed E-state index contributed by atoms with van der Waals surface area (Å²) in [6, 6.07) is 14.7. The van der Waals surface area contributed by atoms with Gasteiger partial charge in [0.25, 0.3) is 0 Å². The van der Waals surface area contributed by atoms with E-state index >= 15 is 0 Å². The number of aromatic hydroxyl groups is 4. The first-order valence-corrected chi connectivity index (χ1v) is 8.81. The lowest BCUT2D eigenvalue weighted by atomic mass is 9.96. The zero-order chi connectivity index (χ0) is 21.0. The molecule has 4 N–H and O–H groups in total. The molecule has 0 heterocycles. The van der Waals surface area contributed by atoms with Crippen LogP contribution in [0.25, 0.3) is 6.08 Å². The van der Waals surface area contributed by atoms with Crippen LogP contribution in [-0.4, -0.2) is 33.3 Å². The van der Waals surface area contributed by atoms with Crippen molar-refractivity contribution in [2.24, 2.45) is 0 Å². The molecule has 0 bridgehead atoms. The van der Waals surface area contributed by atoms with E-state index in [1.54, 1.807) is 18.2 Å². The van der Waals surface area contributed by atoms with Gasteiger partial charge in [0.05, 0.1) is 7.11 Å². The molecule has 0 saturated carbocycles. The third-order valence-electron chi connectivity index (χ3n) is 4.48. The van der Waals surface area contributed by atoms with Crippen molar-refractivity contribution in [3.05, 3.63) is 82.9 Å². The van der Waals surface area contributed by atoms with Crippen LogP contribution in [0, 0.1) is 0 Å². The van der Waals surface area contributed by atoms with Crippen molar-refractivity contribution in [2.45, 2.75) is 6.42 Å². The standard InChI is InChI=1S/C23H20O6/c1-29-23-16(12-15-8-5-9-18(25)22(15)28)19(26)13-20(27)21(23)17(24)11-10-14-6-3-2-4-7-14/h2-11,13,25-28H,12H2,1H3. The van der Waals surface area contributed by atoms with Crippen molar-refractivity contribution in [1.82, 2.24) is 0 Å². The molecule has 0 atom stereocenters. The van der Waals surface area contributed by atoms with Crippen LogP contribution in [0.5, 0.6) is 28.7 Å². The molecule has 0 aliphatic heterocycles. The lowest BCUT2D eigenvalue weighted by molar-refractivity contribution is 0.104. The Hall–Kier alpha value is -3.93. The zero-order valence-electron chi connectivity index (χ0n) is 15.7. The van der Waals surface area contributed by atoms with Crippen LogP contribution < -0.4 is 4.74 Å². The Kier molecular flexibility index (Phi) is 5.74. The molecule has 0 amide bonds. The van der Waals surface area contributed by atoms with E-state index in [0.29, 0.717) is 5.56 Å². The first-order chi connectivity index (χ1) is 13.9. The molecule has 6 nitrogen and oxygen atoms in total. The van der Waals surface area contributed by atoms with Crippen molar-refractivity contribution in [1.29, 1.82) is 0 Å². The fraction of sp³-hybridized carbons (Fsp3) is 0.0870. The van der Waals surface area contributed by atoms with Gasteiger partial charge in [-0.05, 0) is 17.7 Å². The maximum absolute atomic E-state index is 12.8. The second-order valence-electron chi connectivity index (χ2n) is 6.37. The van der Waals surface area contributed by atoms with Gasteiger partial charge in [-0.3, -0.25) is 4.79 Å². The molecule has 148 valence electrons. The molecule has 3 rings (SSSR count). The SMILES string of the molecule is COc1c(Cc2cccc(O)c2O)c(O)cc(O)c1C(=O)C=Cc1ccccc1. The maximum atomic E-state index is 12.8. The minimum atomic E-state index is -0.510. The minimum Gasteiger partial charge on any atom is -0.507 e. The number of carbonyl (C=O) groups is 1. The first kappa shape index (κ1) is 19.8. The summed E-state index contributed by atoms with van der Waals surface area (Å²) >= 11 is 0. The zero-order valence-corrected chi connectivity index (χ0v) is 15.7. The van der Waals surface area contributed by atoms with E-state index in [1.165, 1.54) is 19.3 Å². The second kappa shape index (κ2) is 8.39. The summed E-state index contributed by atoms with van der Waals surface area (Å²) in [7, 11) is 1.32. The summed E-state index contributed by atoms with van der Waals surface area (Å²) in [5.74, 6) is -1.88. The fourth-order valence-corrected chi connectivity index (χ4v) is 3.04. The highest BCUT2D eigenvalue weighted by atomic mass is 16.5. The van der Waals surface area contributed by atoms with E-state index in [-0.39, 0.29) is 40.5 Å². The highest BCUT2D eigenvalue weighted by Gasteiger charge is 2.23. The van der Waals surface area contributed by atoms with Crippen molar-refractivity contribution in [3.8, 4) is 28.7 Å². The maximum Gasteiger partial charge on any atom is 0.193 e. The molecule has 0 radical (unpaired) electrons. The molecule has 0 aliphatic rings. The molecule has 0 fully saturated rings. The van der Waals surface area contributed by atoms with Crippen LogP contribution in [0.1, 0.15) is 27.0 Å². The van der Waals surface area contributed by atoms with Crippen LogP contribution >= 0.6 is 0 Å². The predicted octanol–water partition coefficient (Wildman–Crippen LogP) is 4.00. The average molecular weight is 392 g/mol. The average Bonchev–Trinajstić information content (AvgIpc) is 2.71. The number of carbonyl (C=O) groups excluding carboxylic acids is 1. The molecule has 0 saturated heterocycles. The largest absolute Gasteiger partial charge is 0.507 e. The predicted molar refractivity (Wildman–Crippen MR) is 109 cm³/mol. The summed E-state index contributed by atoms with van der Waals surface area (Å²) in [5.41, 5.74) is 1.22. The summed E-state index contributed by atoms with van der Waals surface area (Å²) < 4.78 is 5.33. The Bertz CT molecular complexity index is 1070. The number of hydrogen-bond acceptors (Lipinski definition) is 6. The van der Waals surface area contributed by atoms with Crippen molar-refractivity contribution in [3.63, 3.8) is 0 Å². The van der Waals surface area contributed by atoms with E-state index in [0.717, 1.165) is 11.6 Å². The highest BCUT2D eigenvalue weighted by molar-refractivity contribution is 6.11. The number of benzene rings is 3. The van der Waals surface area contributed by atoms with E-state index < -0.39 is 11.5 Å². The number of hydrogen-bond donors (Lipinski definition) is 4. The number of allylic oxidation sites excluding steroid dienone is 1. The lowest BCUT2D eigenvalue weighted by Crippen LogP contribution is -2.04. The molecular weight excluding hydrogens is 372 g/mol. The van der Waals surface area contributed by atoms with Gasteiger partial charge in [-0.2, -0.15) is 0 Å². The first-order valence-electron chi connectivity index (χ1n) is 8.81. The van der Waals surface area contributed by atoms with Gasteiger partial charge in [0.1, 0.15) is 22.8 Å². The Morgan fingerprint density at radius 1 is 0.931 bits per heavy atom. The van der Waals surface area contributed by atoms with Gasteiger partial charge in [0.2, 0.25) is 0 Å². The molecule has 3 aromatic carbocycles. The summed E-state index contributed by atoms with van der Waals surface area (Å²) in [5, 5.41) is 40.4. The molecule has 0 aromatic heterocycles. The summed E-state index contributed by atoms with van der Waals surface area (Å²) in [6.07, 6.45) is 2.88. The summed E-state index contributed by atoms with van der Waals surface area (Å²) in [4.78, 5) is 12.8. The Morgan fingerprint density at radius 3 is 2.34 bits per heavy atom. The fourth-order valence-electron chi connectivity index (χ4n) is 3.04. The quantitative estimate of drug-likeness (QED) is 0.287. The van der Waals surface area contributed by atoms with Crippen LogP contribution in [0.2, 0.25) is 0 Å². The highest BCUT2D eigenvalue weighted by Crippen LogP contribution is 2.41. The van der Waals surface area contributed by atoms with Crippen molar-refractivity contribution >= 4 is 11.9 Å². The van der Waals surface area contributed by atoms with Gasteiger partial charge in [0, 0.05) is 23.6 Å². The number of ketones is 1. The van der Waals surface area contributed by atoms with Crippen LogP contribution in [0.3, 0.4) is 0 Å². The second-order valence-corrected chi connectivity index (χ2v) is 6.37. The molecule has 0 aliphatic carbocycles. The lowest BCUT2D eigenvalue weighted by Gasteiger charge is -2.16. The normalized spacial score (nSPS) is 10.9. The van der Waals surface area contributed by atoms with Gasteiger partial charge in [-0.15, -0.1) is 0 Å². The van der Waals surface area contributed by atoms with Crippen molar-refractivity contribution in [2.75, 3.05) is 7.11 Å². The number of para-hydroxylation sites is 1. The van der Waals surface area contributed by atoms with Crippen molar-refractivity contribution < 1.29 is 30.0 Å². The summed E-state index contributed by atoms with van der Waals surface area (Å²) in [6.45, 7) is 0. The monoisotopic (exact) mass is 392 g/mol. The van der Waals surface area contributed by atoms with E-state index in [2.05, 4.69) is 0 Å². The Labute approximate surface area is 167 Å². The number of phenolic OH excluding ortho intramolecular Hbond substituents is 4. The Balaban J connectivity index is 2.04. The van der Waals surface area contributed by atoms with E-state index in [1.807, 2.05) is 30.3 Å². The van der Waals surface area contributed by atoms with Gasteiger partial charge >= 0.3 is 0 Å². The number of rotatable bonds is 6. The topological polar surface area (TPSA) is 107 Å². The molecule has 29 heavy (non-hydrogen) atoms. The van der Waals surface area contributed by atoms with Gasteiger partial charge in [-0.1, -0.05) is 48.5 Å². The van der Waals surface area contributed by atoms with Gasteiger partial charge < -0.3 is 25.2 Å². The molecule has 0 unspecified atom stereocenters. The van der Waals surface area contributed by atoms with Crippen LogP contribution in [0.4, 0.5) is 0 Å². The molecule has 0 spiro atoms. The van der Waals surface area contributed by atoms with Gasteiger partial charge in [-0.25, -0.2) is 0 Å². The minimum absolute atomic E-state index is 0.00652. The molecule has 6 heteroatoms. The van der Waals surface area contributed by atoms with Crippen LogP contribution in [-0.2, 0) is 6.42 Å². The van der Waals surface area contributed by atoms with Gasteiger partial charge in [0.15, 0.2) is 17.3 Å². The number of phenols is 4. The van der Waals surface area contributed by atoms with E-state index in [4.69, 9.17) is 4.74 Å².